The molecule has 0 aliphatic rings. The van der Waals surface area contributed by atoms with E-state index >= 15 is 0 Å². The van der Waals surface area contributed by atoms with Gasteiger partial charge >= 0.3 is 0 Å². The Morgan fingerprint density at radius 3 is 2.71 bits per heavy atom. The van der Waals surface area contributed by atoms with Gasteiger partial charge in [-0.1, -0.05) is 0 Å². The molecule has 1 rings (SSSR count). The minimum atomic E-state index is -0.621. The monoisotopic (exact) mass is 195 g/mol. The van der Waals surface area contributed by atoms with Crippen molar-refractivity contribution in [3.63, 3.8) is 0 Å². The van der Waals surface area contributed by atoms with Crippen molar-refractivity contribution in [3.8, 4) is 0 Å². The number of pyridine rings is 1. The number of carbonyl (C=O) groups is 1. The van der Waals surface area contributed by atoms with Gasteiger partial charge in [-0.3, -0.25) is 19.9 Å². The summed E-state index contributed by atoms with van der Waals surface area (Å²) in [7, 11) is 3.07. The van der Waals surface area contributed by atoms with Gasteiger partial charge in [0.2, 0.25) is 0 Å². The maximum atomic E-state index is 11.5. The van der Waals surface area contributed by atoms with Crippen molar-refractivity contribution >= 4 is 11.6 Å². The van der Waals surface area contributed by atoms with E-state index in [0.29, 0.717) is 0 Å². The van der Waals surface area contributed by atoms with Crippen LogP contribution in [0.15, 0.2) is 18.5 Å². The molecule has 6 nitrogen and oxygen atoms in total. The second kappa shape index (κ2) is 3.82. The first-order valence-corrected chi connectivity index (χ1v) is 3.84. The van der Waals surface area contributed by atoms with Gasteiger partial charge in [-0.05, 0) is 6.07 Å². The van der Waals surface area contributed by atoms with Crippen molar-refractivity contribution < 1.29 is 9.72 Å². The normalized spacial score (nSPS) is 9.57. The maximum Gasteiger partial charge on any atom is 0.300 e. The summed E-state index contributed by atoms with van der Waals surface area (Å²) in [5, 5.41) is 10.5. The molecule has 0 aliphatic carbocycles. The predicted octanol–water partition coefficient (Wildman–Crippen LogP) is 0.692. The molecule has 0 spiro atoms. The molecule has 0 aliphatic heterocycles. The maximum absolute atomic E-state index is 11.5. The molecule has 0 aromatic carbocycles. The molecule has 0 saturated carbocycles. The summed E-state index contributed by atoms with van der Waals surface area (Å²) >= 11 is 0. The molecule has 74 valence electrons. The summed E-state index contributed by atoms with van der Waals surface area (Å²) in [6, 6.07) is 1.33. The molecule has 1 amide bonds. The first kappa shape index (κ1) is 10.1. The topological polar surface area (TPSA) is 76.3 Å². The van der Waals surface area contributed by atoms with E-state index < -0.39 is 10.8 Å². The molecule has 0 saturated heterocycles. The lowest BCUT2D eigenvalue weighted by Crippen LogP contribution is -2.22. The minimum Gasteiger partial charge on any atom is -0.345 e. The van der Waals surface area contributed by atoms with Gasteiger partial charge in [0.1, 0.15) is 11.8 Å². The lowest BCUT2D eigenvalue weighted by Gasteiger charge is -2.09. The van der Waals surface area contributed by atoms with Gasteiger partial charge in [-0.15, -0.1) is 0 Å². The molecule has 1 aromatic heterocycles. The fraction of sp³-hybridized carbons (Fsp3) is 0.250. The molecule has 0 unspecified atom stereocenters. The van der Waals surface area contributed by atoms with Crippen molar-refractivity contribution in [2.24, 2.45) is 0 Å². The molecule has 1 aromatic rings. The fourth-order valence-electron chi connectivity index (χ4n) is 0.953. The van der Waals surface area contributed by atoms with E-state index in [0.717, 1.165) is 6.20 Å². The Labute approximate surface area is 80.3 Å². The van der Waals surface area contributed by atoms with E-state index in [4.69, 9.17) is 0 Å². The van der Waals surface area contributed by atoms with Gasteiger partial charge in [-0.2, -0.15) is 0 Å². The first-order chi connectivity index (χ1) is 6.54. The number of amides is 1. The van der Waals surface area contributed by atoms with Gasteiger partial charge in [-0.25, -0.2) is 0 Å². The molecule has 1 heterocycles. The van der Waals surface area contributed by atoms with Crippen molar-refractivity contribution in [2.75, 3.05) is 14.1 Å². The molecule has 0 atom stereocenters. The number of hydrogen-bond donors (Lipinski definition) is 0. The van der Waals surface area contributed by atoms with Crippen LogP contribution < -0.4 is 0 Å². The second-order valence-corrected chi connectivity index (χ2v) is 2.85. The molecule has 14 heavy (non-hydrogen) atoms. The van der Waals surface area contributed by atoms with Gasteiger partial charge in [0.05, 0.1) is 4.92 Å². The third-order valence-corrected chi connectivity index (χ3v) is 1.63. The SMILES string of the molecule is CN(C)C(=O)c1ccncc1[N+](=O)[O-]. The Balaban J connectivity index is 3.20. The molecular formula is C8H9N3O3. The predicted molar refractivity (Wildman–Crippen MR) is 48.9 cm³/mol. The Morgan fingerprint density at radius 2 is 2.21 bits per heavy atom. The van der Waals surface area contributed by atoms with Crippen molar-refractivity contribution in [1.82, 2.24) is 9.88 Å². The number of rotatable bonds is 2. The molecule has 0 fully saturated rings. The number of aromatic nitrogens is 1. The first-order valence-electron chi connectivity index (χ1n) is 3.84. The smallest absolute Gasteiger partial charge is 0.300 e. The summed E-state index contributed by atoms with van der Waals surface area (Å²) in [5.41, 5.74) is -0.221. The summed E-state index contributed by atoms with van der Waals surface area (Å²) in [5.74, 6) is -0.404. The number of nitro groups is 1. The number of nitrogens with zero attached hydrogens (tertiary/aromatic N) is 3. The Kier molecular flexibility index (Phi) is 2.76. The van der Waals surface area contributed by atoms with E-state index in [-0.39, 0.29) is 11.3 Å². The van der Waals surface area contributed by atoms with E-state index in [1.165, 1.54) is 31.3 Å². The van der Waals surface area contributed by atoms with Crippen LogP contribution in [0, 0.1) is 10.1 Å². The van der Waals surface area contributed by atoms with Crippen LogP contribution >= 0.6 is 0 Å². The van der Waals surface area contributed by atoms with Gasteiger partial charge < -0.3 is 4.90 Å². The van der Waals surface area contributed by atoms with Gasteiger partial charge in [0.15, 0.2) is 0 Å². The molecule has 0 N–H and O–H groups in total. The van der Waals surface area contributed by atoms with E-state index in [9.17, 15) is 14.9 Å². The molecule has 0 radical (unpaired) electrons. The zero-order chi connectivity index (χ0) is 10.7. The van der Waals surface area contributed by atoms with Crippen molar-refractivity contribution in [3.05, 3.63) is 34.1 Å². The van der Waals surface area contributed by atoms with Crippen LogP contribution in [0.5, 0.6) is 0 Å². The third-order valence-electron chi connectivity index (χ3n) is 1.63. The Bertz CT molecular complexity index is 376. The van der Waals surface area contributed by atoms with E-state index in [2.05, 4.69) is 4.98 Å². The average Bonchev–Trinajstić information content (AvgIpc) is 2.16. The standard InChI is InChI=1S/C8H9N3O3/c1-10(2)8(12)6-3-4-9-5-7(6)11(13)14/h3-5H,1-2H3. The molecule has 0 bridgehead atoms. The average molecular weight is 195 g/mol. The van der Waals surface area contributed by atoms with Gasteiger partial charge in [0.25, 0.3) is 11.6 Å². The Morgan fingerprint density at radius 1 is 1.57 bits per heavy atom. The Hall–Kier alpha value is -1.98. The highest BCUT2D eigenvalue weighted by Crippen LogP contribution is 2.16. The lowest BCUT2D eigenvalue weighted by molar-refractivity contribution is -0.385. The van der Waals surface area contributed by atoms with E-state index in [1.54, 1.807) is 0 Å². The number of carbonyl (C=O) groups excluding carboxylic acids is 1. The second-order valence-electron chi connectivity index (χ2n) is 2.85. The zero-order valence-corrected chi connectivity index (χ0v) is 7.80. The highest BCUT2D eigenvalue weighted by Gasteiger charge is 2.20. The summed E-state index contributed by atoms with van der Waals surface area (Å²) < 4.78 is 0. The lowest BCUT2D eigenvalue weighted by atomic mass is 10.2. The van der Waals surface area contributed by atoms with Crippen LogP contribution in [-0.4, -0.2) is 34.8 Å². The van der Waals surface area contributed by atoms with Crippen molar-refractivity contribution in [1.29, 1.82) is 0 Å². The van der Waals surface area contributed by atoms with Gasteiger partial charge in [0, 0.05) is 20.3 Å². The molecule has 6 heteroatoms. The van der Waals surface area contributed by atoms with Crippen molar-refractivity contribution in [2.45, 2.75) is 0 Å². The van der Waals surface area contributed by atoms with Crippen LogP contribution in [0.3, 0.4) is 0 Å². The van der Waals surface area contributed by atoms with E-state index in [1.807, 2.05) is 0 Å². The fourth-order valence-corrected chi connectivity index (χ4v) is 0.953. The van der Waals surface area contributed by atoms with Crippen LogP contribution in [0.4, 0.5) is 5.69 Å². The number of hydrogen-bond acceptors (Lipinski definition) is 4. The van der Waals surface area contributed by atoms with Crippen LogP contribution in [0.25, 0.3) is 0 Å². The molecular weight excluding hydrogens is 186 g/mol. The van der Waals surface area contributed by atoms with Crippen LogP contribution in [-0.2, 0) is 0 Å². The third kappa shape index (κ3) is 1.85. The van der Waals surface area contributed by atoms with Crippen LogP contribution in [0.2, 0.25) is 0 Å². The zero-order valence-electron chi connectivity index (χ0n) is 7.80. The quantitative estimate of drug-likeness (QED) is 0.514. The highest BCUT2D eigenvalue weighted by molar-refractivity contribution is 5.97. The summed E-state index contributed by atoms with van der Waals surface area (Å²) in [6.45, 7) is 0. The summed E-state index contributed by atoms with van der Waals surface area (Å²) in [4.78, 5) is 26.3. The van der Waals surface area contributed by atoms with Crippen LogP contribution in [0.1, 0.15) is 10.4 Å². The minimum absolute atomic E-state index is 0.0509. The summed E-state index contributed by atoms with van der Waals surface area (Å²) in [6.07, 6.45) is 2.42. The largest absolute Gasteiger partial charge is 0.345 e. The highest BCUT2D eigenvalue weighted by atomic mass is 16.6.